The molecule has 12 heteroatoms. The van der Waals surface area contributed by atoms with E-state index in [1.54, 1.807) is 13.4 Å². The van der Waals surface area contributed by atoms with Gasteiger partial charge >= 0.3 is 6.03 Å². The van der Waals surface area contributed by atoms with Crippen molar-refractivity contribution in [1.29, 1.82) is 0 Å². The first-order valence-electron chi connectivity index (χ1n) is 20.2. The molecule has 0 bridgehead atoms. The Balaban J connectivity index is 0.939. The fourth-order valence-electron chi connectivity index (χ4n) is 7.42. The topological polar surface area (TPSA) is 116 Å². The number of hydrogen-bond acceptors (Lipinski definition) is 10. The standard InChI is InChI=1S/C43H60N8O4/c1-4-34-13-11-14-35(5-2)41(34)48-43(52)47-36-15-10-12-33(28-36)31-44-42-37-29-40(39(53-3)30-38(37)45-32-46-42)55-25-9-7-6-8-16-49-17-19-50(20-18-49)21-22-51-23-26-54-27-24-51/h10-15,28-30,32H,4-9,16-27,31H2,1-3H3,(H,44,45,46)(H2,47,48,52). The first-order chi connectivity index (χ1) is 27.0. The average Bonchev–Trinajstić information content (AvgIpc) is 3.22. The molecule has 0 spiro atoms. The summed E-state index contributed by atoms with van der Waals surface area (Å²) < 4.78 is 17.4. The number of hydrogen-bond donors (Lipinski definition) is 3. The molecule has 3 heterocycles. The van der Waals surface area contributed by atoms with Crippen LogP contribution in [-0.2, 0) is 24.1 Å². The van der Waals surface area contributed by atoms with Crippen molar-refractivity contribution in [2.24, 2.45) is 0 Å². The van der Waals surface area contributed by atoms with E-state index in [9.17, 15) is 4.79 Å². The van der Waals surface area contributed by atoms with Crippen LogP contribution in [-0.4, -0.2) is 117 Å². The number of benzene rings is 3. The van der Waals surface area contributed by atoms with Crippen molar-refractivity contribution in [1.82, 2.24) is 24.7 Å². The molecule has 55 heavy (non-hydrogen) atoms. The van der Waals surface area contributed by atoms with Gasteiger partial charge in [0.05, 0.1) is 32.4 Å². The third-order valence-corrected chi connectivity index (χ3v) is 10.7. The number of aryl methyl sites for hydroxylation is 2. The van der Waals surface area contributed by atoms with Gasteiger partial charge in [0, 0.05) is 81.7 Å². The minimum atomic E-state index is -0.260. The second kappa shape index (κ2) is 21.0. The van der Waals surface area contributed by atoms with Crippen LogP contribution in [0.5, 0.6) is 11.5 Å². The van der Waals surface area contributed by atoms with Crippen molar-refractivity contribution in [3.63, 3.8) is 0 Å². The van der Waals surface area contributed by atoms with Crippen LogP contribution in [0.15, 0.2) is 60.9 Å². The van der Waals surface area contributed by atoms with E-state index in [-0.39, 0.29) is 6.03 Å². The van der Waals surface area contributed by atoms with Crippen molar-refractivity contribution >= 4 is 34.1 Å². The van der Waals surface area contributed by atoms with Gasteiger partial charge in [-0.25, -0.2) is 14.8 Å². The number of fused-ring (bicyclic) bond motifs is 1. The lowest BCUT2D eigenvalue weighted by Gasteiger charge is -2.36. The lowest BCUT2D eigenvalue weighted by atomic mass is 10.0. The van der Waals surface area contributed by atoms with Crippen LogP contribution in [0, 0.1) is 0 Å². The molecule has 2 amide bonds. The fourth-order valence-corrected chi connectivity index (χ4v) is 7.42. The van der Waals surface area contributed by atoms with E-state index in [0.29, 0.717) is 36.2 Å². The van der Waals surface area contributed by atoms with E-state index < -0.39 is 0 Å². The largest absolute Gasteiger partial charge is 0.493 e. The molecule has 3 N–H and O–H groups in total. The molecule has 1 aromatic heterocycles. The van der Waals surface area contributed by atoms with Gasteiger partial charge in [-0.15, -0.1) is 0 Å². The quantitative estimate of drug-likeness (QED) is 0.0874. The summed E-state index contributed by atoms with van der Waals surface area (Å²) >= 11 is 0. The number of carbonyl (C=O) groups is 1. The van der Waals surface area contributed by atoms with Gasteiger partial charge < -0.3 is 35.1 Å². The summed E-state index contributed by atoms with van der Waals surface area (Å²) in [4.78, 5) is 29.8. The van der Waals surface area contributed by atoms with E-state index in [1.807, 2.05) is 42.5 Å². The number of rotatable bonds is 19. The number of carbonyl (C=O) groups excluding carboxylic acids is 1. The second-order valence-electron chi connectivity index (χ2n) is 14.4. The Labute approximate surface area is 326 Å². The predicted molar refractivity (Wildman–Crippen MR) is 222 cm³/mol. The van der Waals surface area contributed by atoms with Crippen LogP contribution in [0.3, 0.4) is 0 Å². The number of ether oxygens (including phenoxy) is 3. The zero-order chi connectivity index (χ0) is 38.2. The summed E-state index contributed by atoms with van der Waals surface area (Å²) in [6.07, 6.45) is 7.78. The smallest absolute Gasteiger partial charge is 0.323 e. The third-order valence-electron chi connectivity index (χ3n) is 10.7. The summed E-state index contributed by atoms with van der Waals surface area (Å²) in [5.74, 6) is 2.05. The van der Waals surface area contributed by atoms with Crippen molar-refractivity contribution < 1.29 is 19.0 Å². The molecule has 6 rings (SSSR count). The van der Waals surface area contributed by atoms with Crippen LogP contribution >= 0.6 is 0 Å². The number of nitrogens with zero attached hydrogens (tertiary/aromatic N) is 5. The average molecular weight is 753 g/mol. The lowest BCUT2D eigenvalue weighted by Crippen LogP contribution is -2.49. The maximum absolute atomic E-state index is 13.0. The molecular weight excluding hydrogens is 693 g/mol. The van der Waals surface area contributed by atoms with Gasteiger partial charge in [0.15, 0.2) is 11.5 Å². The van der Waals surface area contributed by atoms with E-state index in [2.05, 4.69) is 66.6 Å². The van der Waals surface area contributed by atoms with E-state index in [0.717, 1.165) is 91.8 Å². The van der Waals surface area contributed by atoms with Gasteiger partial charge in [-0.3, -0.25) is 9.80 Å². The molecule has 2 aliphatic rings. The molecule has 0 unspecified atom stereocenters. The Hall–Kier alpha value is -4.49. The van der Waals surface area contributed by atoms with Crippen LogP contribution < -0.4 is 25.4 Å². The molecule has 0 atom stereocenters. The summed E-state index contributed by atoms with van der Waals surface area (Å²) in [7, 11) is 1.66. The van der Waals surface area contributed by atoms with E-state index in [4.69, 9.17) is 14.2 Å². The van der Waals surface area contributed by atoms with Crippen LogP contribution in [0.4, 0.5) is 22.0 Å². The number of aromatic nitrogens is 2. The van der Waals surface area contributed by atoms with Crippen molar-refractivity contribution in [3.05, 3.63) is 77.6 Å². The van der Waals surface area contributed by atoms with E-state index in [1.165, 1.54) is 52.1 Å². The van der Waals surface area contributed by atoms with Gasteiger partial charge in [-0.05, 0) is 67.1 Å². The number of unbranched alkanes of at least 4 members (excludes halogenated alkanes) is 3. The predicted octanol–water partition coefficient (Wildman–Crippen LogP) is 6.91. The molecule has 4 aromatic rings. The normalized spacial score (nSPS) is 15.5. The summed E-state index contributed by atoms with van der Waals surface area (Å²) in [5.41, 5.74) is 5.62. The first kappa shape index (κ1) is 40.2. The highest BCUT2D eigenvalue weighted by Gasteiger charge is 2.18. The van der Waals surface area contributed by atoms with Gasteiger partial charge in [-0.2, -0.15) is 0 Å². The highest BCUT2D eigenvalue weighted by Crippen LogP contribution is 2.34. The number of amides is 2. The number of morpholine rings is 1. The maximum Gasteiger partial charge on any atom is 0.323 e. The Morgan fingerprint density at radius 3 is 2.18 bits per heavy atom. The number of piperazine rings is 1. The highest BCUT2D eigenvalue weighted by molar-refractivity contribution is 6.00. The zero-order valence-electron chi connectivity index (χ0n) is 33.1. The molecule has 3 aromatic carbocycles. The number of nitrogens with one attached hydrogen (secondary N) is 3. The molecule has 2 aliphatic heterocycles. The second-order valence-corrected chi connectivity index (χ2v) is 14.4. The van der Waals surface area contributed by atoms with E-state index >= 15 is 0 Å². The number of methoxy groups -OCH3 is 1. The summed E-state index contributed by atoms with van der Waals surface area (Å²) in [6, 6.07) is 17.6. The Kier molecular flexibility index (Phi) is 15.3. The summed E-state index contributed by atoms with van der Waals surface area (Å²) in [5, 5.41) is 10.4. The highest BCUT2D eigenvalue weighted by atomic mass is 16.5. The van der Waals surface area contributed by atoms with Crippen molar-refractivity contribution in [2.75, 3.05) is 102 Å². The minimum Gasteiger partial charge on any atom is -0.493 e. The molecule has 0 aliphatic carbocycles. The zero-order valence-corrected chi connectivity index (χ0v) is 33.1. The van der Waals surface area contributed by atoms with Gasteiger partial charge in [0.2, 0.25) is 0 Å². The van der Waals surface area contributed by atoms with Gasteiger partial charge in [-0.1, -0.05) is 57.0 Å². The van der Waals surface area contributed by atoms with Crippen LogP contribution in [0.2, 0.25) is 0 Å². The molecule has 0 saturated carbocycles. The maximum atomic E-state index is 13.0. The molecule has 0 radical (unpaired) electrons. The monoisotopic (exact) mass is 752 g/mol. The number of para-hydroxylation sites is 1. The van der Waals surface area contributed by atoms with Crippen LogP contribution in [0.1, 0.15) is 56.2 Å². The van der Waals surface area contributed by atoms with Crippen molar-refractivity contribution in [3.8, 4) is 11.5 Å². The molecule has 296 valence electrons. The van der Waals surface area contributed by atoms with Gasteiger partial charge in [0.25, 0.3) is 0 Å². The number of anilines is 3. The SMILES string of the molecule is CCc1cccc(CC)c1NC(=O)Nc1cccc(CNc2ncnc3cc(OC)c(OCCCCCCN4CCN(CCN5CCOCC5)CC4)cc23)c1. The first-order valence-corrected chi connectivity index (χ1v) is 20.2. The number of urea groups is 1. The molecule has 2 fully saturated rings. The Morgan fingerprint density at radius 1 is 0.764 bits per heavy atom. The third kappa shape index (κ3) is 11.8. The summed E-state index contributed by atoms with van der Waals surface area (Å²) in [6.45, 7) is 17.4. The Bertz CT molecular complexity index is 1790. The van der Waals surface area contributed by atoms with Crippen molar-refractivity contribution in [2.45, 2.75) is 58.9 Å². The molecule has 2 saturated heterocycles. The Morgan fingerprint density at radius 2 is 1.45 bits per heavy atom. The fraction of sp³-hybridized carbons (Fsp3) is 0.512. The van der Waals surface area contributed by atoms with Crippen LogP contribution in [0.25, 0.3) is 10.9 Å². The molecule has 12 nitrogen and oxygen atoms in total. The molecular formula is C43H60N8O4. The minimum absolute atomic E-state index is 0.260. The van der Waals surface area contributed by atoms with Gasteiger partial charge in [0.1, 0.15) is 12.1 Å². The lowest BCUT2D eigenvalue weighted by molar-refractivity contribution is 0.0299.